The van der Waals surface area contributed by atoms with E-state index in [1.54, 1.807) is 48.5 Å². The Balaban J connectivity index is 0.799. The second-order valence-corrected chi connectivity index (χ2v) is 29.0. The number of benzene rings is 7. The Labute approximate surface area is 609 Å². The molecule has 7 aromatic rings. The fraction of sp³-hybridized carbons (Fsp3) is 0.568. The summed E-state index contributed by atoms with van der Waals surface area (Å²) in [6.45, 7) is 11.9. The number of rotatable bonds is 54. The van der Waals surface area contributed by atoms with Crippen molar-refractivity contribution >= 4 is 78.5 Å². The molecule has 0 saturated heterocycles. The lowest BCUT2D eigenvalue weighted by atomic mass is 9.82. The van der Waals surface area contributed by atoms with E-state index in [2.05, 4.69) is 38.3 Å². The normalized spacial score (nSPS) is 12.9. The number of hydrogen-bond donors (Lipinski definition) is 2. The van der Waals surface area contributed by atoms with Crippen LogP contribution in [0.2, 0.25) is 0 Å². The van der Waals surface area contributed by atoms with E-state index < -0.39 is 23.6 Å². The summed E-state index contributed by atoms with van der Waals surface area (Å²) in [5.41, 5.74) is 2.51. The molecule has 2 aliphatic heterocycles. The number of ether oxygens (including phenoxy) is 4. The fourth-order valence-corrected chi connectivity index (χ4v) is 15.0. The molecule has 14 heteroatoms. The van der Waals surface area contributed by atoms with Gasteiger partial charge in [-0.1, -0.05) is 257 Å². The molecule has 0 bridgehead atoms. The average Bonchev–Trinajstić information content (AvgIpc) is 0.692. The highest BCUT2D eigenvalue weighted by molar-refractivity contribution is 6.41. The van der Waals surface area contributed by atoms with Crippen LogP contribution in [0, 0.1) is 0 Å². The first-order chi connectivity index (χ1) is 50.1. The zero-order chi connectivity index (χ0) is 71.7. The van der Waals surface area contributed by atoms with Crippen LogP contribution in [0.5, 0.6) is 23.0 Å². The van der Waals surface area contributed by atoms with Gasteiger partial charge >= 0.3 is 0 Å². The van der Waals surface area contributed by atoms with Gasteiger partial charge in [0.2, 0.25) is 0 Å². The van der Waals surface area contributed by atoms with Crippen molar-refractivity contribution in [3.63, 3.8) is 0 Å². The number of carbonyl (C=O) groups excluding carboxylic acids is 6. The number of amides is 6. The Hall–Kier alpha value is -7.74. The van der Waals surface area contributed by atoms with Crippen LogP contribution < -0.4 is 29.6 Å². The van der Waals surface area contributed by atoms with E-state index in [4.69, 9.17) is 18.9 Å². The Morgan fingerprint density at radius 1 is 0.284 bits per heavy atom. The highest BCUT2D eigenvalue weighted by atomic mass is 16.5. The first kappa shape index (κ1) is 78.4. The van der Waals surface area contributed by atoms with Gasteiger partial charge < -0.3 is 29.6 Å². The summed E-state index contributed by atoms with van der Waals surface area (Å²) in [6.07, 6.45) is 44.4. The van der Waals surface area contributed by atoms with Gasteiger partial charge in [-0.25, -0.2) is 0 Å². The predicted molar refractivity (Wildman–Crippen MR) is 416 cm³/mol. The third kappa shape index (κ3) is 22.1. The lowest BCUT2D eigenvalue weighted by Gasteiger charge is -2.30. The van der Waals surface area contributed by atoms with E-state index in [1.807, 2.05) is 36.4 Å². The van der Waals surface area contributed by atoms with Gasteiger partial charge in [0.1, 0.15) is 23.0 Å². The van der Waals surface area contributed by atoms with Crippen molar-refractivity contribution in [3.05, 3.63) is 118 Å². The van der Waals surface area contributed by atoms with Gasteiger partial charge in [0.15, 0.2) is 0 Å². The van der Waals surface area contributed by atoms with Crippen molar-refractivity contribution in [2.24, 2.45) is 0 Å². The van der Waals surface area contributed by atoms with Crippen LogP contribution >= 0.6 is 0 Å². The summed E-state index contributed by atoms with van der Waals surface area (Å²) < 4.78 is 25.0. The molecule has 552 valence electrons. The number of fused-ring (bicyclic) bond motifs is 2. The number of carbonyl (C=O) groups is 6. The molecule has 0 aromatic heterocycles. The highest BCUT2D eigenvalue weighted by Crippen LogP contribution is 2.46. The van der Waals surface area contributed by atoms with E-state index in [0.29, 0.717) is 106 Å². The minimum Gasteiger partial charge on any atom is -0.493 e. The maximum absolute atomic E-state index is 14.5. The molecule has 7 aromatic carbocycles. The second-order valence-electron chi connectivity index (χ2n) is 29.0. The first-order valence-corrected chi connectivity index (χ1v) is 40.4. The smallest absolute Gasteiger partial charge is 0.261 e. The van der Waals surface area contributed by atoms with Crippen LogP contribution in [0.3, 0.4) is 0 Å². The second kappa shape index (κ2) is 42.8. The Morgan fingerprint density at radius 2 is 0.510 bits per heavy atom. The topological polar surface area (TPSA) is 170 Å². The number of hydrogen-bond acceptors (Lipinski definition) is 10. The summed E-state index contributed by atoms with van der Waals surface area (Å²) in [4.78, 5) is 88.4. The van der Waals surface area contributed by atoms with Crippen LogP contribution in [0.15, 0.2) is 84.9 Å². The third-order valence-electron chi connectivity index (χ3n) is 20.8. The standard InChI is InChI=1S/C88H120N4O10/c1-5-9-13-17-21-25-29-33-37-55-99-67-59-65(60-68(63-67)100-56-38-34-30-26-22-18-14-10-6-2)83(93)89-51-41-53-91-85(95)75-47-43-71-73-45-49-77-82-78(50-46-74(80(73)82)72-44-48-76(86(91)96)81(75)79(71)72)88(98)92(87(77)97)54-42-52-90-84(94)66-61-69(101-57-39-35-31-27-23-19-15-11-7-3)64-70(62-66)102-58-40-36-32-28-24-20-16-12-8-4/h43-50,59-64H,5-42,51-58H2,1-4H3,(H,89,93)(H,90,94). The van der Waals surface area contributed by atoms with E-state index in [1.165, 1.54) is 190 Å². The summed E-state index contributed by atoms with van der Waals surface area (Å²) in [6, 6.07) is 25.6. The average molecular weight is 1390 g/mol. The van der Waals surface area contributed by atoms with E-state index in [-0.39, 0.29) is 38.0 Å². The molecule has 6 amide bonds. The minimum atomic E-state index is -0.405. The molecule has 2 N–H and O–H groups in total. The predicted octanol–water partition coefficient (Wildman–Crippen LogP) is 22.2. The van der Waals surface area contributed by atoms with Crippen LogP contribution in [0.1, 0.15) is 334 Å². The Kier molecular flexibility index (Phi) is 32.9. The molecule has 0 atom stereocenters. The molecule has 2 aliphatic rings. The summed E-state index contributed by atoms with van der Waals surface area (Å²) in [5.74, 6) is 0.202. The number of nitrogens with zero attached hydrogens (tertiary/aromatic N) is 2. The van der Waals surface area contributed by atoms with Crippen LogP contribution in [0.4, 0.5) is 0 Å². The van der Waals surface area contributed by atoms with Crippen LogP contribution in [0.25, 0.3) is 43.1 Å². The molecule has 0 fully saturated rings. The number of unbranched alkanes of at least 4 members (excludes halogenated alkanes) is 32. The zero-order valence-electron chi connectivity index (χ0n) is 62.6. The van der Waals surface area contributed by atoms with Gasteiger partial charge in [-0.15, -0.1) is 0 Å². The molecule has 0 radical (unpaired) electrons. The first-order valence-electron chi connectivity index (χ1n) is 40.4. The van der Waals surface area contributed by atoms with Crippen LogP contribution in [-0.2, 0) is 0 Å². The third-order valence-corrected chi connectivity index (χ3v) is 20.8. The molecule has 0 saturated carbocycles. The SMILES string of the molecule is CCCCCCCCCCCOc1cc(OCCCCCCCCCCC)cc(C(=O)NCCCN2C(=O)c3ccc4c5ccc6c7c(ccc(c8ccc(c3c48)C2=O)c75)C(=O)N(CCCNC(=O)c2cc(OCCCCCCCCCCC)cc(OCCCCCCCCCCC)c2)C6=O)c1. The van der Waals surface area contributed by atoms with E-state index in [0.717, 1.165) is 83.7 Å². The fourth-order valence-electron chi connectivity index (χ4n) is 15.0. The summed E-state index contributed by atoms with van der Waals surface area (Å²) in [7, 11) is 0. The maximum atomic E-state index is 14.5. The van der Waals surface area contributed by atoms with Crippen molar-refractivity contribution in [1.29, 1.82) is 0 Å². The van der Waals surface area contributed by atoms with Crippen molar-refractivity contribution in [2.75, 3.05) is 52.6 Å². The van der Waals surface area contributed by atoms with Crippen molar-refractivity contribution in [1.82, 2.24) is 20.4 Å². The van der Waals surface area contributed by atoms with Crippen molar-refractivity contribution in [3.8, 4) is 23.0 Å². The Morgan fingerprint density at radius 3 is 0.745 bits per heavy atom. The zero-order valence-corrected chi connectivity index (χ0v) is 62.6. The highest BCUT2D eigenvalue weighted by Gasteiger charge is 2.37. The van der Waals surface area contributed by atoms with Crippen molar-refractivity contribution in [2.45, 2.75) is 272 Å². The van der Waals surface area contributed by atoms with Gasteiger partial charge in [-0.05, 0) is 119 Å². The maximum Gasteiger partial charge on any atom is 0.261 e. The number of nitrogens with one attached hydrogen (secondary N) is 2. The molecule has 2 heterocycles. The molecule has 0 spiro atoms. The van der Waals surface area contributed by atoms with E-state index >= 15 is 0 Å². The van der Waals surface area contributed by atoms with Crippen molar-refractivity contribution < 1.29 is 47.7 Å². The largest absolute Gasteiger partial charge is 0.493 e. The lowest BCUT2D eigenvalue weighted by Crippen LogP contribution is -2.42. The molecule has 0 aliphatic carbocycles. The van der Waals surface area contributed by atoms with Gasteiger partial charge in [-0.2, -0.15) is 0 Å². The lowest BCUT2D eigenvalue weighted by molar-refractivity contribution is 0.0593. The molecular weight excluding hydrogens is 1270 g/mol. The molecule has 9 rings (SSSR count). The molecule has 14 nitrogen and oxygen atoms in total. The van der Waals surface area contributed by atoms with Gasteiger partial charge in [-0.3, -0.25) is 38.6 Å². The van der Waals surface area contributed by atoms with Crippen LogP contribution in [-0.4, -0.2) is 97.8 Å². The minimum absolute atomic E-state index is 0.0960. The molecule has 0 unspecified atom stereocenters. The number of imide groups is 2. The summed E-state index contributed by atoms with van der Waals surface area (Å²) >= 11 is 0. The van der Waals surface area contributed by atoms with E-state index in [9.17, 15) is 28.8 Å². The van der Waals surface area contributed by atoms with Gasteiger partial charge in [0.05, 0.1) is 26.4 Å². The monoisotopic (exact) mass is 1390 g/mol. The van der Waals surface area contributed by atoms with Gasteiger partial charge in [0, 0.05) is 82.5 Å². The molecule has 102 heavy (non-hydrogen) atoms. The van der Waals surface area contributed by atoms with Gasteiger partial charge in [0.25, 0.3) is 35.4 Å². The molecular formula is C88H120N4O10. The quantitative estimate of drug-likeness (QED) is 0.0162. The summed E-state index contributed by atoms with van der Waals surface area (Å²) in [5, 5.41) is 12.0. The Bertz CT molecular complexity index is 3370.